The molecule has 1 aromatic carbocycles. The second-order valence-electron chi connectivity index (χ2n) is 3.84. The molecule has 0 heterocycles. The van der Waals surface area contributed by atoms with Crippen LogP contribution in [0, 0.1) is 0 Å². The van der Waals surface area contributed by atoms with Crippen LogP contribution in [-0.2, 0) is 4.79 Å². The van der Waals surface area contributed by atoms with Crippen LogP contribution in [0.3, 0.4) is 0 Å². The highest BCUT2D eigenvalue weighted by Crippen LogP contribution is 2.27. The minimum absolute atomic E-state index is 0.0306. The third-order valence-electron chi connectivity index (χ3n) is 2.31. The van der Waals surface area contributed by atoms with Crippen LogP contribution in [0.1, 0.15) is 0 Å². The Morgan fingerprint density at radius 3 is 2.89 bits per heavy atom. The molecule has 0 saturated carbocycles. The van der Waals surface area contributed by atoms with Gasteiger partial charge in [-0.3, -0.25) is 9.69 Å². The first kappa shape index (κ1) is 16.0. The highest BCUT2D eigenvalue weighted by molar-refractivity contribution is 9.10. The Morgan fingerprint density at radius 1 is 1.58 bits per heavy atom. The molecule has 104 valence electrons. The van der Waals surface area contributed by atoms with Crippen molar-refractivity contribution in [3.05, 3.63) is 40.3 Å². The number of carboxylic acids is 1. The van der Waals surface area contributed by atoms with Crippen molar-refractivity contribution in [1.82, 2.24) is 4.90 Å². The maximum absolute atomic E-state index is 10.7. The lowest BCUT2D eigenvalue weighted by molar-refractivity contribution is -0.138. The van der Waals surface area contributed by atoms with Gasteiger partial charge < -0.3 is 9.84 Å². The molecular weight excluding hydrogens is 334 g/mol. The van der Waals surface area contributed by atoms with E-state index in [1.54, 1.807) is 29.2 Å². The number of carboxylic acid groups (broad SMARTS) is 1. The summed E-state index contributed by atoms with van der Waals surface area (Å²) in [5.74, 6) is -0.187. The maximum atomic E-state index is 10.7. The molecule has 19 heavy (non-hydrogen) atoms. The van der Waals surface area contributed by atoms with Crippen molar-refractivity contribution in [1.29, 1.82) is 0 Å². The fourth-order valence-electron chi connectivity index (χ4n) is 1.49. The summed E-state index contributed by atoms with van der Waals surface area (Å²) in [5, 5.41) is 9.39. The summed E-state index contributed by atoms with van der Waals surface area (Å²) in [6.07, 6.45) is 1.67. The third-order valence-corrected chi connectivity index (χ3v) is 3.16. The van der Waals surface area contributed by atoms with E-state index in [1.807, 2.05) is 0 Å². The highest BCUT2D eigenvalue weighted by Gasteiger charge is 2.08. The standard InChI is InChI=1S/C13H15BrClNO3/c1-2-5-16(9-13(17)18)6-7-19-12-4-3-10(15)8-11(12)14/h2-4,8H,1,5-7,9H2,(H,17,18). The molecule has 0 unspecified atom stereocenters. The Kier molecular flexibility index (Phi) is 6.91. The largest absolute Gasteiger partial charge is 0.491 e. The Morgan fingerprint density at radius 2 is 2.32 bits per heavy atom. The van der Waals surface area contributed by atoms with Gasteiger partial charge >= 0.3 is 5.97 Å². The zero-order chi connectivity index (χ0) is 14.3. The van der Waals surface area contributed by atoms with Crippen molar-refractivity contribution in [2.45, 2.75) is 0 Å². The molecule has 0 aromatic heterocycles. The normalized spacial score (nSPS) is 10.5. The molecular formula is C13H15BrClNO3. The van der Waals surface area contributed by atoms with Crippen LogP contribution >= 0.6 is 27.5 Å². The van der Waals surface area contributed by atoms with Gasteiger partial charge in [0.05, 0.1) is 11.0 Å². The fraction of sp³-hybridized carbons (Fsp3) is 0.308. The molecule has 1 N–H and O–H groups in total. The second kappa shape index (κ2) is 8.19. The first-order chi connectivity index (χ1) is 9.02. The van der Waals surface area contributed by atoms with Crippen molar-refractivity contribution >= 4 is 33.5 Å². The predicted molar refractivity (Wildman–Crippen MR) is 78.9 cm³/mol. The zero-order valence-corrected chi connectivity index (χ0v) is 12.7. The number of hydrogen-bond donors (Lipinski definition) is 1. The number of hydrogen-bond acceptors (Lipinski definition) is 3. The van der Waals surface area contributed by atoms with Crippen molar-refractivity contribution in [2.24, 2.45) is 0 Å². The molecule has 0 saturated heterocycles. The lowest BCUT2D eigenvalue weighted by Crippen LogP contribution is -2.33. The van der Waals surface area contributed by atoms with Gasteiger partial charge in [0.15, 0.2) is 0 Å². The summed E-state index contributed by atoms with van der Waals surface area (Å²) < 4.78 is 6.35. The van der Waals surface area contributed by atoms with Gasteiger partial charge in [-0.05, 0) is 34.1 Å². The van der Waals surface area contributed by atoms with Gasteiger partial charge in [0.1, 0.15) is 12.4 Å². The molecule has 0 bridgehead atoms. The molecule has 0 amide bonds. The first-order valence-electron chi connectivity index (χ1n) is 5.66. The molecule has 1 aromatic rings. The van der Waals surface area contributed by atoms with Crippen molar-refractivity contribution in [3.63, 3.8) is 0 Å². The molecule has 0 aliphatic heterocycles. The topological polar surface area (TPSA) is 49.8 Å². The fourth-order valence-corrected chi connectivity index (χ4v) is 2.28. The summed E-state index contributed by atoms with van der Waals surface area (Å²) in [6.45, 7) is 4.98. The zero-order valence-electron chi connectivity index (χ0n) is 10.3. The average Bonchev–Trinajstić information content (AvgIpc) is 2.31. The van der Waals surface area contributed by atoms with Crippen molar-refractivity contribution in [2.75, 3.05) is 26.2 Å². The summed E-state index contributed by atoms with van der Waals surface area (Å²) >= 11 is 9.18. The average molecular weight is 349 g/mol. The SMILES string of the molecule is C=CCN(CCOc1ccc(Cl)cc1Br)CC(=O)O. The van der Waals surface area contributed by atoms with Gasteiger partial charge in [-0.25, -0.2) is 0 Å². The van der Waals surface area contributed by atoms with Crippen LogP contribution in [-0.4, -0.2) is 42.2 Å². The van der Waals surface area contributed by atoms with Crippen molar-refractivity contribution in [3.8, 4) is 5.75 Å². The first-order valence-corrected chi connectivity index (χ1v) is 6.83. The maximum Gasteiger partial charge on any atom is 0.317 e. The molecule has 4 nitrogen and oxygen atoms in total. The van der Waals surface area contributed by atoms with Gasteiger partial charge in [0.2, 0.25) is 0 Å². The van der Waals surface area contributed by atoms with Crippen molar-refractivity contribution < 1.29 is 14.6 Å². The van der Waals surface area contributed by atoms with Gasteiger partial charge in [-0.1, -0.05) is 17.7 Å². The van der Waals surface area contributed by atoms with Crippen LogP contribution in [0.4, 0.5) is 0 Å². The van der Waals surface area contributed by atoms with Crippen LogP contribution in [0.25, 0.3) is 0 Å². The lowest BCUT2D eigenvalue weighted by atomic mass is 10.3. The second-order valence-corrected chi connectivity index (χ2v) is 5.13. The minimum atomic E-state index is -0.866. The molecule has 6 heteroatoms. The quantitative estimate of drug-likeness (QED) is 0.734. The summed E-state index contributed by atoms with van der Waals surface area (Å²) in [6, 6.07) is 5.25. The van der Waals surface area contributed by atoms with Crippen LogP contribution < -0.4 is 4.74 Å². The van der Waals surface area contributed by atoms with Crippen LogP contribution in [0.15, 0.2) is 35.3 Å². The van der Waals surface area contributed by atoms with E-state index in [4.69, 9.17) is 21.4 Å². The number of aliphatic carboxylic acids is 1. The van der Waals surface area contributed by atoms with Crippen LogP contribution in [0.5, 0.6) is 5.75 Å². The van der Waals surface area contributed by atoms with E-state index in [9.17, 15) is 4.79 Å². The van der Waals surface area contributed by atoms with E-state index < -0.39 is 5.97 Å². The molecule has 0 fully saturated rings. The smallest absolute Gasteiger partial charge is 0.317 e. The number of carbonyl (C=O) groups is 1. The highest BCUT2D eigenvalue weighted by atomic mass is 79.9. The van der Waals surface area contributed by atoms with E-state index in [0.717, 1.165) is 4.47 Å². The van der Waals surface area contributed by atoms with Gasteiger partial charge in [0.25, 0.3) is 0 Å². The molecule has 0 aliphatic rings. The van der Waals surface area contributed by atoms with E-state index in [0.29, 0.717) is 30.5 Å². The van der Waals surface area contributed by atoms with E-state index in [2.05, 4.69) is 22.5 Å². The Hall–Kier alpha value is -1.04. The summed E-state index contributed by atoms with van der Waals surface area (Å²) in [4.78, 5) is 12.4. The van der Waals surface area contributed by atoms with E-state index in [-0.39, 0.29) is 6.54 Å². The predicted octanol–water partition coefficient (Wildman–Crippen LogP) is 3.05. The minimum Gasteiger partial charge on any atom is -0.491 e. The number of nitrogens with zero attached hydrogens (tertiary/aromatic N) is 1. The molecule has 0 radical (unpaired) electrons. The Bertz CT molecular complexity index is 454. The lowest BCUT2D eigenvalue weighted by Gasteiger charge is -2.18. The number of rotatable bonds is 8. The van der Waals surface area contributed by atoms with Gasteiger partial charge in [0, 0.05) is 18.1 Å². The van der Waals surface area contributed by atoms with Gasteiger partial charge in [-0.15, -0.1) is 6.58 Å². The van der Waals surface area contributed by atoms with Crippen LogP contribution in [0.2, 0.25) is 5.02 Å². The van der Waals surface area contributed by atoms with E-state index in [1.165, 1.54) is 0 Å². The summed E-state index contributed by atoms with van der Waals surface area (Å²) in [7, 11) is 0. The molecule has 0 aliphatic carbocycles. The number of benzene rings is 1. The Labute approximate surface area is 125 Å². The van der Waals surface area contributed by atoms with Gasteiger partial charge in [-0.2, -0.15) is 0 Å². The monoisotopic (exact) mass is 347 g/mol. The summed E-state index contributed by atoms with van der Waals surface area (Å²) in [5.41, 5.74) is 0. The Balaban J connectivity index is 2.46. The molecule has 0 spiro atoms. The third kappa shape index (κ3) is 6.09. The molecule has 0 atom stereocenters. The number of halogens is 2. The van der Waals surface area contributed by atoms with E-state index >= 15 is 0 Å². The molecule has 1 rings (SSSR count). The number of ether oxygens (including phenoxy) is 1.